The molecule has 0 atom stereocenters. The molecule has 0 aliphatic carbocycles. The van der Waals surface area contributed by atoms with Gasteiger partial charge in [0.2, 0.25) is 6.79 Å². The molecule has 0 fully saturated rings. The molecule has 0 aromatic heterocycles. The second-order valence-electron chi connectivity index (χ2n) is 4.23. The monoisotopic (exact) mass is 257 g/mol. The number of benzene rings is 2. The number of hydrogen-bond donors (Lipinski definition) is 1. The molecule has 2 aromatic carbocycles. The molecule has 4 nitrogen and oxygen atoms in total. The fourth-order valence-electron chi connectivity index (χ4n) is 2.05. The lowest BCUT2D eigenvalue weighted by Gasteiger charge is -2.10. The van der Waals surface area contributed by atoms with Crippen LogP contribution in [0.15, 0.2) is 42.5 Å². The van der Waals surface area contributed by atoms with Gasteiger partial charge in [-0.25, -0.2) is 0 Å². The van der Waals surface area contributed by atoms with Gasteiger partial charge < -0.3 is 19.5 Å². The molecular formula is C15H15NO3. The third kappa shape index (κ3) is 2.42. The molecule has 0 saturated carbocycles. The van der Waals surface area contributed by atoms with E-state index >= 15 is 0 Å². The number of methoxy groups -OCH3 is 1. The van der Waals surface area contributed by atoms with Crippen molar-refractivity contribution in [3.05, 3.63) is 48.0 Å². The second-order valence-corrected chi connectivity index (χ2v) is 4.23. The zero-order chi connectivity index (χ0) is 13.1. The Labute approximate surface area is 111 Å². The fraction of sp³-hybridized carbons (Fsp3) is 0.200. The van der Waals surface area contributed by atoms with Crippen molar-refractivity contribution < 1.29 is 14.2 Å². The molecule has 3 rings (SSSR count). The fourth-order valence-corrected chi connectivity index (χ4v) is 2.05. The molecule has 0 amide bonds. The van der Waals surface area contributed by atoms with E-state index < -0.39 is 0 Å². The number of para-hydroxylation sites is 1. The summed E-state index contributed by atoms with van der Waals surface area (Å²) < 4.78 is 16.0. The Morgan fingerprint density at radius 3 is 2.84 bits per heavy atom. The van der Waals surface area contributed by atoms with Crippen LogP contribution < -0.4 is 19.5 Å². The zero-order valence-electron chi connectivity index (χ0n) is 10.7. The summed E-state index contributed by atoms with van der Waals surface area (Å²) in [6.07, 6.45) is 0. The third-order valence-corrected chi connectivity index (χ3v) is 3.05. The van der Waals surface area contributed by atoms with Crippen LogP contribution in [0, 0.1) is 0 Å². The van der Waals surface area contributed by atoms with Gasteiger partial charge in [0.1, 0.15) is 5.75 Å². The second kappa shape index (κ2) is 5.10. The number of nitrogens with one attached hydrogen (secondary N) is 1. The summed E-state index contributed by atoms with van der Waals surface area (Å²) in [4.78, 5) is 0. The van der Waals surface area contributed by atoms with Gasteiger partial charge in [0.25, 0.3) is 0 Å². The first-order chi connectivity index (χ1) is 9.36. The molecule has 4 heteroatoms. The van der Waals surface area contributed by atoms with Crippen molar-refractivity contribution in [3.8, 4) is 17.2 Å². The highest BCUT2D eigenvalue weighted by atomic mass is 16.7. The minimum Gasteiger partial charge on any atom is -0.496 e. The number of ether oxygens (including phenoxy) is 3. The number of rotatable bonds is 4. The lowest BCUT2D eigenvalue weighted by atomic mass is 10.2. The van der Waals surface area contributed by atoms with Crippen LogP contribution in [0.3, 0.4) is 0 Å². The van der Waals surface area contributed by atoms with Gasteiger partial charge in [-0.3, -0.25) is 0 Å². The Morgan fingerprint density at radius 1 is 1.11 bits per heavy atom. The van der Waals surface area contributed by atoms with Crippen molar-refractivity contribution in [1.82, 2.24) is 0 Å². The molecule has 0 spiro atoms. The van der Waals surface area contributed by atoms with E-state index in [-0.39, 0.29) is 0 Å². The van der Waals surface area contributed by atoms with Crippen LogP contribution in [0.1, 0.15) is 5.56 Å². The normalized spacial score (nSPS) is 12.3. The predicted molar refractivity (Wildman–Crippen MR) is 72.9 cm³/mol. The molecule has 2 aromatic rings. The van der Waals surface area contributed by atoms with Crippen LogP contribution in [0.25, 0.3) is 0 Å². The number of anilines is 1. The maximum Gasteiger partial charge on any atom is 0.231 e. The van der Waals surface area contributed by atoms with Crippen LogP contribution in [-0.2, 0) is 6.54 Å². The highest BCUT2D eigenvalue weighted by Gasteiger charge is 2.13. The summed E-state index contributed by atoms with van der Waals surface area (Å²) in [7, 11) is 1.68. The standard InChI is InChI=1S/C15H15NO3/c1-17-13-5-3-2-4-11(13)9-16-12-6-7-14-15(8-12)19-10-18-14/h2-8,16H,9-10H2,1H3. The molecule has 1 N–H and O–H groups in total. The van der Waals surface area contributed by atoms with Gasteiger partial charge in [-0.1, -0.05) is 18.2 Å². The van der Waals surface area contributed by atoms with Crippen molar-refractivity contribution in [2.75, 3.05) is 19.2 Å². The molecule has 0 unspecified atom stereocenters. The summed E-state index contributed by atoms with van der Waals surface area (Å²) in [6, 6.07) is 13.8. The zero-order valence-corrected chi connectivity index (χ0v) is 10.7. The van der Waals surface area contributed by atoms with E-state index in [4.69, 9.17) is 14.2 Å². The van der Waals surface area contributed by atoms with Crippen LogP contribution in [0.4, 0.5) is 5.69 Å². The number of hydrogen-bond acceptors (Lipinski definition) is 4. The minimum absolute atomic E-state index is 0.297. The van der Waals surface area contributed by atoms with E-state index in [2.05, 4.69) is 5.32 Å². The highest BCUT2D eigenvalue weighted by Crippen LogP contribution is 2.34. The van der Waals surface area contributed by atoms with E-state index in [0.29, 0.717) is 13.3 Å². The van der Waals surface area contributed by atoms with E-state index in [1.54, 1.807) is 7.11 Å². The van der Waals surface area contributed by atoms with E-state index in [1.165, 1.54) is 0 Å². The van der Waals surface area contributed by atoms with E-state index in [1.807, 2.05) is 42.5 Å². The Bertz CT molecular complexity index is 583. The summed E-state index contributed by atoms with van der Waals surface area (Å²) in [5.41, 5.74) is 2.11. The molecule has 19 heavy (non-hydrogen) atoms. The van der Waals surface area contributed by atoms with Crippen LogP contribution in [0.5, 0.6) is 17.2 Å². The van der Waals surface area contributed by atoms with Gasteiger partial charge in [0, 0.05) is 23.9 Å². The van der Waals surface area contributed by atoms with Gasteiger partial charge in [-0.2, -0.15) is 0 Å². The molecule has 98 valence electrons. The van der Waals surface area contributed by atoms with Crippen molar-refractivity contribution in [2.24, 2.45) is 0 Å². The molecule has 0 saturated heterocycles. The van der Waals surface area contributed by atoms with Crippen LogP contribution in [-0.4, -0.2) is 13.9 Å². The third-order valence-electron chi connectivity index (χ3n) is 3.05. The topological polar surface area (TPSA) is 39.7 Å². The van der Waals surface area contributed by atoms with Crippen molar-refractivity contribution in [2.45, 2.75) is 6.54 Å². The smallest absolute Gasteiger partial charge is 0.231 e. The van der Waals surface area contributed by atoms with Crippen molar-refractivity contribution in [1.29, 1.82) is 0 Å². The van der Waals surface area contributed by atoms with Gasteiger partial charge >= 0.3 is 0 Å². The first-order valence-electron chi connectivity index (χ1n) is 6.12. The Kier molecular flexibility index (Phi) is 3.14. The molecular weight excluding hydrogens is 242 g/mol. The molecule has 1 aliphatic heterocycles. The van der Waals surface area contributed by atoms with Gasteiger partial charge in [0.05, 0.1) is 7.11 Å². The SMILES string of the molecule is COc1ccccc1CNc1ccc2c(c1)OCO2. The highest BCUT2D eigenvalue weighted by molar-refractivity contribution is 5.56. The molecule has 0 bridgehead atoms. The minimum atomic E-state index is 0.297. The van der Waals surface area contributed by atoms with Gasteiger partial charge in [-0.05, 0) is 18.2 Å². The van der Waals surface area contributed by atoms with Gasteiger partial charge in [0.15, 0.2) is 11.5 Å². The summed E-state index contributed by atoms with van der Waals surface area (Å²) >= 11 is 0. The first kappa shape index (κ1) is 11.7. The molecule has 1 heterocycles. The van der Waals surface area contributed by atoms with Crippen LogP contribution in [0.2, 0.25) is 0 Å². The average Bonchev–Trinajstić information content (AvgIpc) is 2.93. The Hall–Kier alpha value is -2.36. The summed E-state index contributed by atoms with van der Waals surface area (Å²) in [6.45, 7) is 0.995. The molecule has 0 radical (unpaired) electrons. The lowest BCUT2D eigenvalue weighted by molar-refractivity contribution is 0.174. The van der Waals surface area contributed by atoms with Crippen molar-refractivity contribution >= 4 is 5.69 Å². The van der Waals surface area contributed by atoms with Crippen molar-refractivity contribution in [3.63, 3.8) is 0 Å². The molecule has 1 aliphatic rings. The van der Waals surface area contributed by atoms with Crippen LogP contribution >= 0.6 is 0 Å². The average molecular weight is 257 g/mol. The maximum atomic E-state index is 5.35. The maximum absolute atomic E-state index is 5.35. The summed E-state index contributed by atoms with van der Waals surface area (Å²) in [5, 5.41) is 3.35. The quantitative estimate of drug-likeness (QED) is 0.913. The van der Waals surface area contributed by atoms with Gasteiger partial charge in [-0.15, -0.1) is 0 Å². The first-order valence-corrected chi connectivity index (χ1v) is 6.12. The lowest BCUT2D eigenvalue weighted by Crippen LogP contribution is -2.01. The largest absolute Gasteiger partial charge is 0.496 e. The van der Waals surface area contributed by atoms with E-state index in [0.717, 1.165) is 28.5 Å². The Morgan fingerprint density at radius 2 is 1.95 bits per heavy atom. The summed E-state index contributed by atoms with van der Waals surface area (Å²) in [5.74, 6) is 2.46. The number of fused-ring (bicyclic) bond motifs is 1. The Balaban J connectivity index is 1.72. The van der Waals surface area contributed by atoms with E-state index in [9.17, 15) is 0 Å². The predicted octanol–water partition coefficient (Wildman–Crippen LogP) is 3.04.